The van der Waals surface area contributed by atoms with E-state index in [2.05, 4.69) is 0 Å². The van der Waals surface area contributed by atoms with Gasteiger partial charge in [-0.25, -0.2) is 9.18 Å². The maximum Gasteiger partial charge on any atom is 0.369 e. The summed E-state index contributed by atoms with van der Waals surface area (Å²) in [6.07, 6.45) is 0. The quantitative estimate of drug-likeness (QED) is 0.191. The predicted octanol–water partition coefficient (Wildman–Crippen LogP) is 0.987. The number of carbonyl (C=O) groups is 1. The molecule has 152 valence electrons. The highest BCUT2D eigenvalue weighted by Crippen LogP contribution is 2.53. The average molecular weight is 422 g/mol. The Bertz CT molecular complexity index is 979. The number of hydrogen-bond donors (Lipinski definition) is 10. The fraction of sp³-hybridized carbons (Fsp3) is 0.133. The first-order valence-electron chi connectivity index (χ1n) is 7.09. The Morgan fingerprint density at radius 2 is 1.43 bits per heavy atom. The summed E-state index contributed by atoms with van der Waals surface area (Å²) >= 11 is 5.65. The van der Waals surface area contributed by atoms with E-state index in [-0.39, 0.29) is 0 Å². The molecule has 13 heteroatoms. The van der Waals surface area contributed by atoms with Gasteiger partial charge in [-0.3, -0.25) is 0 Å². The number of phenols is 6. The molecule has 0 heterocycles. The van der Waals surface area contributed by atoms with Gasteiger partial charge in [0.1, 0.15) is 16.5 Å². The minimum absolute atomic E-state index is 0.560. The van der Waals surface area contributed by atoms with Gasteiger partial charge in [0.15, 0.2) is 28.8 Å². The maximum atomic E-state index is 14.3. The molecule has 0 amide bonds. The van der Waals surface area contributed by atoms with E-state index in [1.165, 1.54) is 0 Å². The Labute approximate surface area is 159 Å². The zero-order chi connectivity index (χ0) is 21.7. The third-order valence-electron chi connectivity index (χ3n) is 3.86. The summed E-state index contributed by atoms with van der Waals surface area (Å²) in [5, 5.41) is 88.0. The Balaban J connectivity index is 2.91. The molecular weight excluding hydrogens is 409 g/mol. The van der Waals surface area contributed by atoms with E-state index in [0.29, 0.717) is 0 Å². The third-order valence-corrected chi connectivity index (χ3v) is 4.23. The molecule has 2 aromatic rings. The molecule has 0 fully saturated rings. The topological polar surface area (TPSA) is 211 Å². The lowest BCUT2D eigenvalue weighted by atomic mass is 9.97. The molecule has 0 aliphatic rings. The summed E-state index contributed by atoms with van der Waals surface area (Å²) in [7, 11) is 0. The van der Waals surface area contributed by atoms with Gasteiger partial charge in [-0.15, -0.1) is 0 Å². The Morgan fingerprint density at radius 1 is 0.893 bits per heavy atom. The van der Waals surface area contributed by atoms with E-state index in [0.717, 1.165) is 6.92 Å². The largest absolute Gasteiger partial charge is 0.507 e. The van der Waals surface area contributed by atoms with Crippen molar-refractivity contribution in [1.29, 1.82) is 0 Å². The fourth-order valence-corrected chi connectivity index (χ4v) is 2.51. The predicted molar refractivity (Wildman–Crippen MR) is 89.6 cm³/mol. The highest BCUT2D eigenvalue weighted by Gasteiger charge is 2.43. The zero-order valence-electron chi connectivity index (χ0n) is 13.7. The van der Waals surface area contributed by atoms with Crippen molar-refractivity contribution >= 4 is 28.9 Å². The molecule has 0 saturated carbocycles. The SMILES string of the molecule is Cc1c(O)c(O)c(Nc2c(F)c(O)c(O)c(O)c2Cl)c(C(O)(O)C(=O)O)c1O. The van der Waals surface area contributed by atoms with Crippen LogP contribution in [-0.2, 0) is 10.6 Å². The van der Waals surface area contributed by atoms with Gasteiger partial charge < -0.3 is 51.3 Å². The second-order valence-corrected chi connectivity index (χ2v) is 5.95. The van der Waals surface area contributed by atoms with E-state index < -0.39 is 79.6 Å². The van der Waals surface area contributed by atoms with Crippen LogP contribution in [0.25, 0.3) is 0 Å². The lowest BCUT2D eigenvalue weighted by molar-refractivity contribution is -0.208. The Kier molecular flexibility index (Phi) is 4.99. The van der Waals surface area contributed by atoms with Gasteiger partial charge in [0.25, 0.3) is 5.79 Å². The number of halogens is 2. The van der Waals surface area contributed by atoms with Crippen molar-refractivity contribution in [2.45, 2.75) is 12.7 Å². The Morgan fingerprint density at radius 3 is 1.93 bits per heavy atom. The first kappa shape index (κ1) is 21.0. The number of phenolic OH excluding ortho intramolecular Hbond substituents is 6. The molecule has 10 N–H and O–H groups in total. The van der Waals surface area contributed by atoms with Gasteiger partial charge in [-0.05, 0) is 6.92 Å². The number of benzene rings is 2. The summed E-state index contributed by atoms with van der Waals surface area (Å²) in [5.41, 5.74) is -4.10. The minimum atomic E-state index is -3.85. The van der Waals surface area contributed by atoms with Crippen LogP contribution in [0.15, 0.2) is 0 Å². The highest BCUT2D eigenvalue weighted by atomic mass is 35.5. The number of hydrogen-bond acceptors (Lipinski definition) is 10. The number of anilines is 2. The van der Waals surface area contributed by atoms with Crippen LogP contribution in [0.4, 0.5) is 15.8 Å². The first-order valence-corrected chi connectivity index (χ1v) is 7.47. The molecule has 0 spiro atoms. The normalized spacial score (nSPS) is 11.5. The summed E-state index contributed by atoms with van der Waals surface area (Å²) in [4.78, 5) is 11.2. The van der Waals surface area contributed by atoms with Crippen LogP contribution in [0.2, 0.25) is 5.02 Å². The molecule has 0 radical (unpaired) electrons. The molecule has 2 rings (SSSR count). The molecule has 28 heavy (non-hydrogen) atoms. The number of aliphatic carboxylic acids is 1. The highest BCUT2D eigenvalue weighted by molar-refractivity contribution is 6.35. The monoisotopic (exact) mass is 421 g/mol. The van der Waals surface area contributed by atoms with Gasteiger partial charge in [-0.1, -0.05) is 11.6 Å². The molecule has 0 aliphatic carbocycles. The van der Waals surface area contributed by atoms with Gasteiger partial charge in [-0.2, -0.15) is 0 Å². The van der Waals surface area contributed by atoms with Crippen LogP contribution < -0.4 is 5.32 Å². The molecule has 2 aromatic carbocycles. The third kappa shape index (κ3) is 2.89. The van der Waals surface area contributed by atoms with Crippen LogP contribution >= 0.6 is 11.6 Å². The van der Waals surface area contributed by atoms with E-state index in [9.17, 15) is 50.0 Å². The Hall–Kier alpha value is -3.35. The average Bonchev–Trinajstić information content (AvgIpc) is 2.63. The van der Waals surface area contributed by atoms with E-state index >= 15 is 0 Å². The minimum Gasteiger partial charge on any atom is -0.507 e. The number of carboxylic acid groups (broad SMARTS) is 1. The second-order valence-electron chi connectivity index (χ2n) is 5.57. The summed E-state index contributed by atoms with van der Waals surface area (Å²) < 4.78 is 14.3. The first-order chi connectivity index (χ1) is 12.7. The van der Waals surface area contributed by atoms with Crippen LogP contribution in [0.3, 0.4) is 0 Å². The number of rotatable bonds is 4. The van der Waals surface area contributed by atoms with Crippen LogP contribution in [0.5, 0.6) is 34.5 Å². The van der Waals surface area contributed by atoms with E-state index in [4.69, 9.17) is 16.7 Å². The van der Waals surface area contributed by atoms with E-state index in [1.54, 1.807) is 0 Å². The second kappa shape index (κ2) is 6.67. The van der Waals surface area contributed by atoms with Crippen LogP contribution in [0.1, 0.15) is 11.1 Å². The lowest BCUT2D eigenvalue weighted by Crippen LogP contribution is -2.36. The van der Waals surface area contributed by atoms with Crippen molar-refractivity contribution in [1.82, 2.24) is 0 Å². The maximum absolute atomic E-state index is 14.3. The number of aromatic hydroxyl groups is 6. The zero-order valence-corrected chi connectivity index (χ0v) is 14.4. The van der Waals surface area contributed by atoms with Crippen molar-refractivity contribution in [2.75, 3.05) is 5.32 Å². The van der Waals surface area contributed by atoms with Gasteiger partial charge in [0, 0.05) is 5.56 Å². The number of nitrogens with one attached hydrogen (secondary N) is 1. The number of carboxylic acids is 1. The van der Waals surface area contributed by atoms with Crippen molar-refractivity contribution in [3.63, 3.8) is 0 Å². The van der Waals surface area contributed by atoms with Crippen molar-refractivity contribution < 1.29 is 55.1 Å². The smallest absolute Gasteiger partial charge is 0.369 e. The van der Waals surface area contributed by atoms with Crippen LogP contribution in [-0.4, -0.2) is 51.9 Å². The fourth-order valence-electron chi connectivity index (χ4n) is 2.29. The van der Waals surface area contributed by atoms with E-state index in [1.807, 2.05) is 5.32 Å². The molecular formula is C15H13ClFNO10. The van der Waals surface area contributed by atoms with Crippen molar-refractivity contribution in [3.05, 3.63) is 22.0 Å². The molecule has 0 unspecified atom stereocenters. The molecule has 11 nitrogen and oxygen atoms in total. The molecule has 0 aromatic heterocycles. The summed E-state index contributed by atoms with van der Waals surface area (Å²) in [6, 6.07) is 0. The van der Waals surface area contributed by atoms with Gasteiger partial charge >= 0.3 is 5.97 Å². The number of aliphatic hydroxyl groups is 2. The molecule has 0 atom stereocenters. The van der Waals surface area contributed by atoms with Gasteiger partial charge in [0.2, 0.25) is 5.75 Å². The van der Waals surface area contributed by atoms with Gasteiger partial charge in [0.05, 0.1) is 11.3 Å². The standard InChI is InChI=1S/C15H13ClFNO10/c1-2-8(19)3(15(27,28)14(25)26)6(12(23)9(2)20)18-7-4(16)10(21)13(24)11(22)5(7)17/h18-24,27-28H,1H3,(H,25,26). The van der Waals surface area contributed by atoms with Crippen LogP contribution in [0, 0.1) is 12.7 Å². The summed E-state index contributed by atoms with van der Waals surface area (Å²) in [5.74, 6) is -15.4. The van der Waals surface area contributed by atoms with Crippen molar-refractivity contribution in [2.24, 2.45) is 0 Å². The molecule has 0 bridgehead atoms. The van der Waals surface area contributed by atoms with Crippen molar-refractivity contribution in [3.8, 4) is 34.5 Å². The molecule has 0 saturated heterocycles. The summed E-state index contributed by atoms with van der Waals surface area (Å²) in [6.45, 7) is 0.987. The molecule has 0 aliphatic heterocycles. The lowest BCUT2D eigenvalue weighted by Gasteiger charge is -2.25.